The zero-order valence-electron chi connectivity index (χ0n) is 11.9. The number of benzene rings is 1. The van der Waals surface area contributed by atoms with Crippen LogP contribution in [0.3, 0.4) is 0 Å². The molecule has 0 aromatic heterocycles. The Bertz CT molecular complexity index is 543. The first-order valence-electron chi connectivity index (χ1n) is 7.19. The molecular weight excluding hydrogens is 274 g/mol. The van der Waals surface area contributed by atoms with Crippen LogP contribution in [0.4, 0.5) is 5.69 Å². The quantitative estimate of drug-likeness (QED) is 0.661. The van der Waals surface area contributed by atoms with E-state index in [1.807, 2.05) is 0 Å². The third-order valence-corrected chi connectivity index (χ3v) is 4.01. The van der Waals surface area contributed by atoms with Gasteiger partial charge in [0, 0.05) is 6.07 Å². The number of nitro benzene ring substituents is 1. The van der Waals surface area contributed by atoms with E-state index in [9.17, 15) is 20.0 Å². The lowest BCUT2D eigenvalue weighted by Gasteiger charge is -2.29. The van der Waals surface area contributed by atoms with E-state index in [-0.39, 0.29) is 23.1 Å². The van der Waals surface area contributed by atoms with Crippen LogP contribution in [0, 0.1) is 16.0 Å². The Morgan fingerprint density at radius 2 is 2.24 bits per heavy atom. The summed E-state index contributed by atoms with van der Waals surface area (Å²) in [5, 5.41) is 20.0. The predicted molar refractivity (Wildman–Crippen MR) is 76.7 cm³/mol. The Morgan fingerprint density at radius 3 is 2.86 bits per heavy atom. The third-order valence-electron chi connectivity index (χ3n) is 4.01. The van der Waals surface area contributed by atoms with Crippen molar-refractivity contribution in [3.8, 4) is 5.75 Å². The van der Waals surface area contributed by atoms with Gasteiger partial charge in [0.25, 0.3) is 5.69 Å². The number of ether oxygens (including phenoxy) is 1. The minimum absolute atomic E-state index is 0.0285. The predicted octanol–water partition coefficient (Wildman–Crippen LogP) is 3.64. The van der Waals surface area contributed by atoms with Gasteiger partial charge in [0.1, 0.15) is 11.3 Å². The van der Waals surface area contributed by atoms with Crippen molar-refractivity contribution in [2.75, 3.05) is 0 Å². The van der Waals surface area contributed by atoms with Crippen LogP contribution in [-0.2, 0) is 0 Å². The summed E-state index contributed by atoms with van der Waals surface area (Å²) in [5.74, 6) is -0.461. The molecule has 2 unspecified atom stereocenters. The summed E-state index contributed by atoms with van der Waals surface area (Å²) in [5.41, 5.74) is -0.183. The van der Waals surface area contributed by atoms with Crippen molar-refractivity contribution < 1.29 is 19.6 Å². The fourth-order valence-corrected chi connectivity index (χ4v) is 2.80. The maximum absolute atomic E-state index is 11.2. The molecule has 6 nitrogen and oxygen atoms in total. The molecule has 0 heterocycles. The van der Waals surface area contributed by atoms with Crippen molar-refractivity contribution in [1.29, 1.82) is 0 Å². The number of carbonyl (C=O) groups is 1. The molecule has 0 spiro atoms. The summed E-state index contributed by atoms with van der Waals surface area (Å²) < 4.78 is 5.79. The number of nitrogens with zero attached hydrogens (tertiary/aromatic N) is 1. The molecule has 1 saturated carbocycles. The maximum Gasteiger partial charge on any atom is 0.339 e. The van der Waals surface area contributed by atoms with Crippen LogP contribution in [0.2, 0.25) is 0 Å². The molecule has 1 N–H and O–H groups in total. The highest BCUT2D eigenvalue weighted by Gasteiger charge is 2.25. The van der Waals surface area contributed by atoms with Crippen LogP contribution < -0.4 is 4.74 Å². The van der Waals surface area contributed by atoms with Crippen LogP contribution in [0.5, 0.6) is 5.75 Å². The first kappa shape index (κ1) is 15.3. The van der Waals surface area contributed by atoms with Gasteiger partial charge in [0.15, 0.2) is 0 Å². The van der Waals surface area contributed by atoms with Gasteiger partial charge in [-0.3, -0.25) is 10.1 Å². The van der Waals surface area contributed by atoms with Gasteiger partial charge in [0.05, 0.1) is 17.1 Å². The van der Waals surface area contributed by atoms with E-state index in [2.05, 4.69) is 6.92 Å². The Morgan fingerprint density at radius 1 is 1.48 bits per heavy atom. The number of hydrogen-bond acceptors (Lipinski definition) is 4. The molecule has 0 bridgehead atoms. The second-order valence-corrected chi connectivity index (χ2v) is 5.42. The maximum atomic E-state index is 11.2. The topological polar surface area (TPSA) is 89.7 Å². The van der Waals surface area contributed by atoms with E-state index >= 15 is 0 Å². The normalized spacial score (nSPS) is 21.8. The largest absolute Gasteiger partial charge is 0.489 e. The van der Waals surface area contributed by atoms with Gasteiger partial charge in [-0.2, -0.15) is 0 Å². The summed E-state index contributed by atoms with van der Waals surface area (Å²) in [4.78, 5) is 21.5. The zero-order chi connectivity index (χ0) is 15.4. The highest BCUT2D eigenvalue weighted by molar-refractivity contribution is 5.91. The second kappa shape index (κ2) is 6.56. The highest BCUT2D eigenvalue weighted by Crippen LogP contribution is 2.32. The van der Waals surface area contributed by atoms with E-state index < -0.39 is 10.9 Å². The molecule has 0 radical (unpaired) electrons. The molecule has 1 fully saturated rings. The van der Waals surface area contributed by atoms with Crippen molar-refractivity contribution in [2.24, 2.45) is 5.92 Å². The molecular formula is C15H19NO5. The van der Waals surface area contributed by atoms with Gasteiger partial charge in [-0.25, -0.2) is 4.79 Å². The van der Waals surface area contributed by atoms with E-state index in [1.165, 1.54) is 18.2 Å². The summed E-state index contributed by atoms with van der Waals surface area (Å²) >= 11 is 0. The minimum atomic E-state index is -1.14. The van der Waals surface area contributed by atoms with Crippen molar-refractivity contribution in [2.45, 2.75) is 45.1 Å². The number of aromatic carboxylic acids is 1. The number of rotatable bonds is 5. The Hall–Kier alpha value is -2.11. The highest BCUT2D eigenvalue weighted by atomic mass is 16.6. The molecule has 6 heteroatoms. The number of nitro groups is 1. The molecule has 1 aromatic carbocycles. The van der Waals surface area contributed by atoms with E-state index in [0.29, 0.717) is 5.92 Å². The average molecular weight is 293 g/mol. The minimum Gasteiger partial charge on any atom is -0.489 e. The molecule has 114 valence electrons. The Kier molecular flexibility index (Phi) is 4.77. The van der Waals surface area contributed by atoms with Gasteiger partial charge < -0.3 is 9.84 Å². The summed E-state index contributed by atoms with van der Waals surface area (Å²) in [7, 11) is 0. The standard InChI is InChI=1S/C15H19NO5/c1-2-10-4-3-5-12(8-10)21-14-9-11(16(19)20)6-7-13(14)15(17)18/h6-7,9-10,12H,2-5,8H2,1H3,(H,17,18). The first-order valence-corrected chi connectivity index (χ1v) is 7.19. The van der Waals surface area contributed by atoms with Gasteiger partial charge in [-0.05, 0) is 31.2 Å². The lowest BCUT2D eigenvalue weighted by molar-refractivity contribution is -0.385. The number of carboxylic acids is 1. The molecule has 1 aromatic rings. The molecule has 1 aliphatic rings. The lowest BCUT2D eigenvalue weighted by Crippen LogP contribution is -2.25. The molecule has 1 aliphatic carbocycles. The van der Waals surface area contributed by atoms with Gasteiger partial charge in [-0.1, -0.05) is 19.8 Å². The second-order valence-electron chi connectivity index (χ2n) is 5.42. The van der Waals surface area contributed by atoms with Crippen molar-refractivity contribution in [3.05, 3.63) is 33.9 Å². The zero-order valence-corrected chi connectivity index (χ0v) is 11.9. The van der Waals surface area contributed by atoms with Crippen LogP contribution in [-0.4, -0.2) is 22.1 Å². The fourth-order valence-electron chi connectivity index (χ4n) is 2.80. The Balaban J connectivity index is 2.22. The first-order chi connectivity index (χ1) is 10.0. The molecule has 0 aliphatic heterocycles. The third kappa shape index (κ3) is 3.71. The van der Waals surface area contributed by atoms with Gasteiger partial charge >= 0.3 is 5.97 Å². The molecule has 21 heavy (non-hydrogen) atoms. The van der Waals surface area contributed by atoms with Crippen molar-refractivity contribution in [1.82, 2.24) is 0 Å². The molecule has 2 atom stereocenters. The molecule has 0 saturated heterocycles. The summed E-state index contributed by atoms with van der Waals surface area (Å²) in [6.07, 6.45) is 4.94. The van der Waals surface area contributed by atoms with E-state index in [1.54, 1.807) is 0 Å². The Labute approximate surface area is 122 Å². The summed E-state index contributed by atoms with van der Waals surface area (Å²) in [6, 6.07) is 3.63. The number of carboxylic acid groups (broad SMARTS) is 1. The average Bonchev–Trinajstić information content (AvgIpc) is 2.47. The van der Waals surface area contributed by atoms with Crippen molar-refractivity contribution >= 4 is 11.7 Å². The number of hydrogen-bond donors (Lipinski definition) is 1. The molecule has 2 rings (SSSR count). The van der Waals surface area contributed by atoms with E-state index in [4.69, 9.17) is 4.74 Å². The lowest BCUT2D eigenvalue weighted by atomic mass is 9.85. The van der Waals surface area contributed by atoms with Crippen LogP contribution in [0.15, 0.2) is 18.2 Å². The fraction of sp³-hybridized carbons (Fsp3) is 0.533. The van der Waals surface area contributed by atoms with E-state index in [0.717, 1.165) is 32.1 Å². The van der Waals surface area contributed by atoms with Crippen LogP contribution >= 0.6 is 0 Å². The smallest absolute Gasteiger partial charge is 0.339 e. The molecule has 0 amide bonds. The monoisotopic (exact) mass is 293 g/mol. The van der Waals surface area contributed by atoms with Gasteiger partial charge in [-0.15, -0.1) is 0 Å². The summed E-state index contributed by atoms with van der Waals surface area (Å²) in [6.45, 7) is 2.13. The SMILES string of the molecule is CCC1CCCC(Oc2cc([N+](=O)[O-])ccc2C(=O)O)C1. The number of non-ortho nitro benzene ring substituents is 1. The van der Waals surface area contributed by atoms with Crippen molar-refractivity contribution in [3.63, 3.8) is 0 Å². The van der Waals surface area contributed by atoms with Gasteiger partial charge in [0.2, 0.25) is 0 Å². The van der Waals surface area contributed by atoms with Crippen LogP contribution in [0.25, 0.3) is 0 Å². The van der Waals surface area contributed by atoms with Crippen LogP contribution in [0.1, 0.15) is 49.4 Å².